The van der Waals surface area contributed by atoms with Crippen molar-refractivity contribution >= 4 is 16.6 Å². The monoisotopic (exact) mass is 536 g/mol. The highest BCUT2D eigenvalue weighted by Crippen LogP contribution is 2.43. The topological polar surface area (TPSA) is 54.5 Å². The summed E-state index contributed by atoms with van der Waals surface area (Å²) in [5, 5.41) is 13.3. The van der Waals surface area contributed by atoms with Crippen LogP contribution in [0.4, 0.5) is 27.6 Å². The van der Waals surface area contributed by atoms with Gasteiger partial charge in [0.25, 0.3) is 5.92 Å². The van der Waals surface area contributed by atoms with Gasteiger partial charge in [0.05, 0.1) is 19.3 Å². The molecule has 1 fully saturated rings. The van der Waals surface area contributed by atoms with E-state index in [2.05, 4.69) is 15.2 Å². The van der Waals surface area contributed by atoms with E-state index in [1.54, 1.807) is 6.92 Å². The second-order valence-corrected chi connectivity index (χ2v) is 10.5. The number of alkyl halides is 3. The minimum absolute atomic E-state index is 0.0333. The molecule has 3 N–H and O–H groups in total. The van der Waals surface area contributed by atoms with Gasteiger partial charge in [-0.2, -0.15) is 0 Å². The number of para-hydroxylation sites is 1. The molecule has 38 heavy (non-hydrogen) atoms. The summed E-state index contributed by atoms with van der Waals surface area (Å²) >= 11 is 0. The number of aromatic amines is 1. The summed E-state index contributed by atoms with van der Waals surface area (Å²) in [4.78, 5) is 6.72. The van der Waals surface area contributed by atoms with Crippen LogP contribution in [0, 0.1) is 11.6 Å². The second kappa shape index (κ2) is 10.8. The Labute approximate surface area is 218 Å². The number of aliphatic hydroxyl groups is 1. The Morgan fingerprint density at radius 2 is 1.89 bits per heavy atom. The number of aliphatic hydroxyl groups excluding tert-OH is 1. The van der Waals surface area contributed by atoms with Crippen LogP contribution in [0.25, 0.3) is 10.9 Å². The molecule has 0 amide bonds. The first-order valence-corrected chi connectivity index (χ1v) is 13.1. The van der Waals surface area contributed by atoms with Gasteiger partial charge in [0.15, 0.2) is 0 Å². The van der Waals surface area contributed by atoms with Gasteiger partial charge in [0.1, 0.15) is 18.2 Å². The molecule has 3 aromatic rings. The van der Waals surface area contributed by atoms with Crippen LogP contribution in [0.5, 0.6) is 0 Å². The van der Waals surface area contributed by atoms with E-state index < -0.39 is 42.8 Å². The van der Waals surface area contributed by atoms with Crippen LogP contribution in [0.1, 0.15) is 42.6 Å². The third-order valence-corrected chi connectivity index (χ3v) is 7.77. The fourth-order valence-corrected chi connectivity index (χ4v) is 5.98. The minimum Gasteiger partial charge on any atom is -0.390 e. The highest BCUT2D eigenvalue weighted by Gasteiger charge is 2.43. The molecule has 0 bridgehead atoms. The Bertz CT molecular complexity index is 1260. The first kappa shape index (κ1) is 26.9. The molecule has 3 heterocycles. The summed E-state index contributed by atoms with van der Waals surface area (Å²) in [6.07, 6.45) is 1.63. The third kappa shape index (κ3) is 5.26. The maximum Gasteiger partial charge on any atom is 0.283 e. The van der Waals surface area contributed by atoms with E-state index in [-0.39, 0.29) is 24.0 Å². The second-order valence-electron chi connectivity index (χ2n) is 10.5. The smallest absolute Gasteiger partial charge is 0.283 e. The first-order chi connectivity index (χ1) is 18.2. The maximum atomic E-state index is 15.8. The van der Waals surface area contributed by atoms with E-state index in [4.69, 9.17) is 0 Å². The summed E-state index contributed by atoms with van der Waals surface area (Å²) in [6.45, 7) is 1.22. The standard InChI is InChI=1S/C28H33F5N4O/c1-17-11-21-20-5-2-3-6-24(20)35-26(21)27(37(17)15-28(32,33)16-38)25-22(30)12-19(13-23(25)31)34-18-7-10-36(14-18)9-4-8-29/h2-3,5-6,12-13,17-18,27,34-35,38H,4,7-11,14-16H2,1H3/t17-,18+,27-/m1/s1. The summed E-state index contributed by atoms with van der Waals surface area (Å²) in [7, 11) is 0. The molecule has 1 aromatic heterocycles. The van der Waals surface area contributed by atoms with Gasteiger partial charge in [-0.3, -0.25) is 9.29 Å². The molecule has 5 nitrogen and oxygen atoms in total. The maximum absolute atomic E-state index is 15.8. The van der Waals surface area contributed by atoms with E-state index in [9.17, 15) is 18.3 Å². The number of halogens is 5. The van der Waals surface area contributed by atoms with Crippen molar-refractivity contribution in [1.29, 1.82) is 0 Å². The highest BCUT2D eigenvalue weighted by atomic mass is 19.3. The van der Waals surface area contributed by atoms with E-state index in [1.807, 2.05) is 24.3 Å². The van der Waals surface area contributed by atoms with Gasteiger partial charge in [-0.15, -0.1) is 0 Å². The minimum atomic E-state index is -3.44. The average Bonchev–Trinajstić information content (AvgIpc) is 3.48. The zero-order chi connectivity index (χ0) is 27.0. The molecule has 3 atom stereocenters. The van der Waals surface area contributed by atoms with Gasteiger partial charge in [0.2, 0.25) is 0 Å². The zero-order valence-corrected chi connectivity index (χ0v) is 21.3. The first-order valence-electron chi connectivity index (χ1n) is 13.1. The summed E-state index contributed by atoms with van der Waals surface area (Å²) in [5.41, 5.74) is 2.06. The number of nitrogens with zero attached hydrogens (tertiary/aromatic N) is 2. The number of benzene rings is 2. The van der Waals surface area contributed by atoms with Crippen LogP contribution in [0.2, 0.25) is 0 Å². The van der Waals surface area contributed by atoms with Gasteiger partial charge in [-0.25, -0.2) is 17.6 Å². The Balaban J connectivity index is 1.51. The van der Waals surface area contributed by atoms with Gasteiger partial charge in [-0.1, -0.05) is 18.2 Å². The number of anilines is 1. The fourth-order valence-electron chi connectivity index (χ4n) is 5.98. The summed E-state index contributed by atoms with van der Waals surface area (Å²) in [5.74, 6) is -5.11. The lowest BCUT2D eigenvalue weighted by atomic mass is 9.87. The van der Waals surface area contributed by atoms with Crippen molar-refractivity contribution in [2.45, 2.75) is 50.2 Å². The molecule has 2 aliphatic heterocycles. The number of H-pyrrole nitrogens is 1. The van der Waals surface area contributed by atoms with Crippen molar-refractivity contribution in [3.8, 4) is 0 Å². The quantitative estimate of drug-likeness (QED) is 0.327. The van der Waals surface area contributed by atoms with Crippen molar-refractivity contribution in [2.24, 2.45) is 0 Å². The Morgan fingerprint density at radius 3 is 2.61 bits per heavy atom. The van der Waals surface area contributed by atoms with E-state index in [0.29, 0.717) is 31.6 Å². The molecule has 0 unspecified atom stereocenters. The number of hydrogen-bond acceptors (Lipinski definition) is 4. The van der Waals surface area contributed by atoms with Crippen molar-refractivity contribution in [2.75, 3.05) is 44.8 Å². The summed E-state index contributed by atoms with van der Waals surface area (Å²) < 4.78 is 73.0. The van der Waals surface area contributed by atoms with Crippen LogP contribution in [-0.2, 0) is 6.42 Å². The lowest BCUT2D eigenvalue weighted by Gasteiger charge is -2.42. The van der Waals surface area contributed by atoms with Crippen LogP contribution >= 0.6 is 0 Å². The summed E-state index contributed by atoms with van der Waals surface area (Å²) in [6, 6.07) is 8.26. The van der Waals surface area contributed by atoms with E-state index >= 15 is 8.78 Å². The number of nitrogens with one attached hydrogen (secondary N) is 2. The molecule has 0 aliphatic carbocycles. The number of fused-ring (bicyclic) bond motifs is 3. The molecular formula is C28H33F5N4O. The molecular weight excluding hydrogens is 503 g/mol. The molecule has 2 aromatic carbocycles. The molecule has 1 saturated heterocycles. The number of rotatable bonds is 9. The van der Waals surface area contributed by atoms with Crippen molar-refractivity contribution in [1.82, 2.24) is 14.8 Å². The zero-order valence-electron chi connectivity index (χ0n) is 21.3. The Hall–Kier alpha value is -2.69. The van der Waals surface area contributed by atoms with Gasteiger partial charge >= 0.3 is 0 Å². The van der Waals surface area contributed by atoms with Crippen LogP contribution in [0.15, 0.2) is 36.4 Å². The van der Waals surface area contributed by atoms with Crippen molar-refractivity contribution in [3.63, 3.8) is 0 Å². The normalized spacial score (nSPS) is 22.8. The molecule has 2 aliphatic rings. The predicted molar refractivity (Wildman–Crippen MR) is 137 cm³/mol. The van der Waals surface area contributed by atoms with Crippen LogP contribution in [-0.4, -0.2) is 77.4 Å². The lowest BCUT2D eigenvalue weighted by Crippen LogP contribution is -2.49. The van der Waals surface area contributed by atoms with E-state index in [1.165, 1.54) is 17.0 Å². The van der Waals surface area contributed by atoms with Gasteiger partial charge in [-0.05, 0) is 49.9 Å². The van der Waals surface area contributed by atoms with Crippen molar-refractivity contribution in [3.05, 3.63) is 64.9 Å². The third-order valence-electron chi connectivity index (χ3n) is 7.77. The van der Waals surface area contributed by atoms with E-state index in [0.717, 1.165) is 29.4 Å². The van der Waals surface area contributed by atoms with Crippen molar-refractivity contribution < 1.29 is 27.1 Å². The highest BCUT2D eigenvalue weighted by molar-refractivity contribution is 5.85. The van der Waals surface area contributed by atoms with Crippen LogP contribution < -0.4 is 5.32 Å². The number of aromatic nitrogens is 1. The largest absolute Gasteiger partial charge is 0.390 e. The molecule has 0 spiro atoms. The Morgan fingerprint density at radius 1 is 1.16 bits per heavy atom. The molecule has 10 heteroatoms. The Kier molecular flexibility index (Phi) is 7.66. The molecule has 0 saturated carbocycles. The fraction of sp³-hybridized carbons (Fsp3) is 0.500. The average molecular weight is 537 g/mol. The van der Waals surface area contributed by atoms with Gasteiger partial charge in [0, 0.05) is 59.6 Å². The number of likely N-dealkylation sites (tertiary alicyclic amines) is 1. The van der Waals surface area contributed by atoms with Crippen LogP contribution in [0.3, 0.4) is 0 Å². The molecule has 5 rings (SSSR count). The predicted octanol–water partition coefficient (Wildman–Crippen LogP) is 5.26. The number of hydrogen-bond donors (Lipinski definition) is 3. The molecule has 0 radical (unpaired) electrons. The lowest BCUT2D eigenvalue weighted by molar-refractivity contribution is -0.0869. The van der Waals surface area contributed by atoms with Gasteiger partial charge < -0.3 is 20.3 Å². The SMILES string of the molecule is C[C@@H]1Cc2c([nH]c3ccccc23)[C@@H](c2c(F)cc(N[C@H]3CCN(CCCF)C3)cc2F)N1CC(F)(F)CO. The molecule has 206 valence electrons.